The maximum atomic E-state index is 2.18. The molecule has 0 aliphatic heterocycles. The smallest absolute Gasteiger partial charge is 0.0564 e. The van der Waals surface area contributed by atoms with E-state index in [1.54, 1.807) is 0 Å². The molecule has 0 aliphatic rings. The van der Waals surface area contributed by atoms with Crippen molar-refractivity contribution in [2.45, 2.75) is 34.1 Å². The Hall–Kier alpha value is 0.430. The summed E-state index contributed by atoms with van der Waals surface area (Å²) in [5.74, 6) is 0. The number of rotatable bonds is 1. The maximum absolute atomic E-state index is 2.18. The molecule has 1 unspecified atom stereocenters. The zero-order valence-corrected chi connectivity index (χ0v) is 5.54. The summed E-state index contributed by atoms with van der Waals surface area (Å²) in [6.07, 6.45) is 2.64. The molecule has 0 aromatic rings. The Morgan fingerprint density at radius 2 is 1.17 bits per heavy atom. The van der Waals surface area contributed by atoms with Crippen molar-refractivity contribution in [3.05, 3.63) is 0 Å². The van der Waals surface area contributed by atoms with Crippen LogP contribution in [0.4, 0.5) is 0 Å². The summed E-state index contributed by atoms with van der Waals surface area (Å²) >= 11 is 0. The molecule has 0 N–H and O–H groups in total. The molecule has 0 aromatic carbocycles. The van der Waals surface area contributed by atoms with E-state index in [0.29, 0.717) is 0 Å². The van der Waals surface area contributed by atoms with E-state index in [-0.39, 0.29) is 17.3 Å². The SMILES string of the molecule is C.CCCC.P. The number of unbranched alkanes of at least 4 members (excludes halogenated alkanes) is 1. The lowest BCUT2D eigenvalue weighted by Crippen LogP contribution is -1.47. The average molecular weight is 108 g/mol. The van der Waals surface area contributed by atoms with Crippen molar-refractivity contribution in [1.82, 2.24) is 0 Å². The Labute approximate surface area is 45.0 Å². The third kappa shape index (κ3) is 25.5. The molecular formula is C5H17P. The van der Waals surface area contributed by atoms with Gasteiger partial charge in [0.1, 0.15) is 0 Å². The summed E-state index contributed by atoms with van der Waals surface area (Å²) in [6, 6.07) is 0. The molecule has 0 aliphatic carbocycles. The molecule has 0 spiro atoms. The van der Waals surface area contributed by atoms with E-state index < -0.39 is 0 Å². The third-order valence-corrected chi connectivity index (χ3v) is 0.500. The molecule has 0 fully saturated rings. The Morgan fingerprint density at radius 3 is 1.17 bits per heavy atom. The minimum Gasteiger partial charge on any atom is -0.153 e. The molecule has 42 valence electrons. The molecule has 0 saturated heterocycles. The van der Waals surface area contributed by atoms with Gasteiger partial charge in [0.15, 0.2) is 0 Å². The van der Waals surface area contributed by atoms with Crippen LogP contribution in [-0.4, -0.2) is 0 Å². The first-order valence-corrected chi connectivity index (χ1v) is 1.91. The Kier molecular flexibility index (Phi) is 48.5. The van der Waals surface area contributed by atoms with Crippen LogP contribution in [0.25, 0.3) is 0 Å². The van der Waals surface area contributed by atoms with Gasteiger partial charge in [-0.25, -0.2) is 0 Å². The highest BCUT2D eigenvalue weighted by atomic mass is 31.0. The molecule has 0 aromatic heterocycles. The van der Waals surface area contributed by atoms with Gasteiger partial charge in [-0.2, -0.15) is 9.90 Å². The molecule has 0 amide bonds. The van der Waals surface area contributed by atoms with E-state index in [2.05, 4.69) is 13.8 Å². The maximum Gasteiger partial charge on any atom is -0.0564 e. The lowest BCUT2D eigenvalue weighted by molar-refractivity contribution is 0.886. The molecule has 0 rings (SSSR count). The van der Waals surface area contributed by atoms with Crippen LogP contribution in [0, 0.1) is 0 Å². The second-order valence-electron chi connectivity index (χ2n) is 1.000. The van der Waals surface area contributed by atoms with Gasteiger partial charge in [-0.15, -0.1) is 0 Å². The van der Waals surface area contributed by atoms with Gasteiger partial charge in [0, 0.05) is 0 Å². The van der Waals surface area contributed by atoms with Crippen molar-refractivity contribution in [3.63, 3.8) is 0 Å². The van der Waals surface area contributed by atoms with Crippen molar-refractivity contribution in [1.29, 1.82) is 0 Å². The van der Waals surface area contributed by atoms with Crippen LogP contribution < -0.4 is 0 Å². The van der Waals surface area contributed by atoms with Crippen LogP contribution in [0.2, 0.25) is 0 Å². The Balaban J connectivity index is -0.0000000450. The minimum atomic E-state index is 0. The monoisotopic (exact) mass is 108 g/mol. The van der Waals surface area contributed by atoms with Crippen LogP contribution >= 0.6 is 9.90 Å². The van der Waals surface area contributed by atoms with Gasteiger partial charge in [-0.1, -0.05) is 34.1 Å². The lowest BCUT2D eigenvalue weighted by atomic mass is 10.4. The van der Waals surface area contributed by atoms with E-state index in [0.717, 1.165) is 0 Å². The number of hydrogen-bond donors (Lipinski definition) is 0. The molecule has 0 radical (unpaired) electrons. The van der Waals surface area contributed by atoms with Crippen molar-refractivity contribution >= 4 is 9.90 Å². The van der Waals surface area contributed by atoms with Crippen molar-refractivity contribution in [3.8, 4) is 0 Å². The molecule has 6 heavy (non-hydrogen) atoms. The summed E-state index contributed by atoms with van der Waals surface area (Å²) in [5, 5.41) is 0. The van der Waals surface area contributed by atoms with Crippen molar-refractivity contribution in [2.75, 3.05) is 0 Å². The van der Waals surface area contributed by atoms with Crippen molar-refractivity contribution < 1.29 is 0 Å². The van der Waals surface area contributed by atoms with Crippen LogP contribution in [-0.2, 0) is 0 Å². The quantitative estimate of drug-likeness (QED) is 0.453. The first-order valence-electron chi connectivity index (χ1n) is 1.91. The second-order valence-corrected chi connectivity index (χ2v) is 1.000. The largest absolute Gasteiger partial charge is 0.153 e. The van der Waals surface area contributed by atoms with Crippen LogP contribution in [0.1, 0.15) is 34.1 Å². The van der Waals surface area contributed by atoms with E-state index in [1.165, 1.54) is 12.8 Å². The summed E-state index contributed by atoms with van der Waals surface area (Å²) in [4.78, 5) is 0. The minimum absolute atomic E-state index is 0. The Bertz CT molecular complexity index is 5.90. The first-order chi connectivity index (χ1) is 1.91. The third-order valence-electron chi connectivity index (χ3n) is 0.500. The normalized spacial score (nSPS) is 5.00. The summed E-state index contributed by atoms with van der Waals surface area (Å²) in [5.41, 5.74) is 0. The zero-order chi connectivity index (χ0) is 3.41. The van der Waals surface area contributed by atoms with Gasteiger partial charge < -0.3 is 0 Å². The van der Waals surface area contributed by atoms with E-state index >= 15 is 0 Å². The van der Waals surface area contributed by atoms with Gasteiger partial charge in [0.05, 0.1) is 0 Å². The van der Waals surface area contributed by atoms with Crippen LogP contribution in [0.3, 0.4) is 0 Å². The second kappa shape index (κ2) is 18.0. The first kappa shape index (κ1) is 16.1. The van der Waals surface area contributed by atoms with Crippen LogP contribution in [0.15, 0.2) is 0 Å². The predicted molar refractivity (Wildman–Crippen MR) is 38.4 cm³/mol. The lowest BCUT2D eigenvalue weighted by Gasteiger charge is -1.68. The summed E-state index contributed by atoms with van der Waals surface area (Å²) in [7, 11) is 0. The predicted octanol–water partition coefficient (Wildman–Crippen LogP) is 2.50. The molecule has 0 saturated carbocycles. The molecule has 0 nitrogen and oxygen atoms in total. The topological polar surface area (TPSA) is 0 Å². The zero-order valence-electron chi connectivity index (χ0n) is 4.12. The highest BCUT2D eigenvalue weighted by molar-refractivity contribution is 6.92. The summed E-state index contributed by atoms with van der Waals surface area (Å²) < 4.78 is 0. The standard InChI is InChI=1S/C4H10.CH4.H3P/c1-3-4-2;;/h3-4H2,1-2H3;1H4;1H3. The number of hydrogen-bond acceptors (Lipinski definition) is 0. The highest BCUT2D eigenvalue weighted by Crippen LogP contribution is 1.76. The van der Waals surface area contributed by atoms with E-state index in [9.17, 15) is 0 Å². The highest BCUT2D eigenvalue weighted by Gasteiger charge is 1.56. The van der Waals surface area contributed by atoms with E-state index in [1.807, 2.05) is 0 Å². The fourth-order valence-corrected chi connectivity index (χ4v) is 0. The van der Waals surface area contributed by atoms with Crippen LogP contribution in [0.5, 0.6) is 0 Å². The summed E-state index contributed by atoms with van der Waals surface area (Å²) in [6.45, 7) is 4.36. The molecule has 1 atom stereocenters. The van der Waals surface area contributed by atoms with Crippen molar-refractivity contribution in [2.24, 2.45) is 0 Å². The van der Waals surface area contributed by atoms with E-state index in [4.69, 9.17) is 0 Å². The molecule has 1 heteroatoms. The molecular weight excluding hydrogens is 91.0 g/mol. The molecule has 0 heterocycles. The Morgan fingerprint density at radius 1 is 1.00 bits per heavy atom. The van der Waals surface area contributed by atoms with Gasteiger partial charge in [-0.3, -0.25) is 0 Å². The van der Waals surface area contributed by atoms with Gasteiger partial charge in [0.2, 0.25) is 0 Å². The fraction of sp³-hybridized carbons (Fsp3) is 1.00. The fourth-order valence-electron chi connectivity index (χ4n) is 0. The van der Waals surface area contributed by atoms with Gasteiger partial charge in [0.25, 0.3) is 0 Å². The van der Waals surface area contributed by atoms with Gasteiger partial charge >= 0.3 is 0 Å². The average Bonchev–Trinajstić information content (AvgIpc) is 1.37. The van der Waals surface area contributed by atoms with Gasteiger partial charge in [-0.05, 0) is 0 Å². The molecule has 0 bridgehead atoms.